The van der Waals surface area contributed by atoms with E-state index in [1.165, 1.54) is 5.56 Å². The second-order valence-corrected chi connectivity index (χ2v) is 8.96. The van der Waals surface area contributed by atoms with Crippen LogP contribution in [0.15, 0.2) is 59.5 Å². The van der Waals surface area contributed by atoms with Gasteiger partial charge in [0, 0.05) is 32.7 Å². The van der Waals surface area contributed by atoms with Gasteiger partial charge in [0.15, 0.2) is 0 Å². The zero-order valence-electron chi connectivity index (χ0n) is 16.3. The molecule has 2 aromatic carbocycles. The summed E-state index contributed by atoms with van der Waals surface area (Å²) in [6, 6.07) is 16.0. The second kappa shape index (κ2) is 8.86. The van der Waals surface area contributed by atoms with Gasteiger partial charge < -0.3 is 4.90 Å². The normalized spacial score (nSPS) is 16.7. The highest BCUT2D eigenvalue weighted by molar-refractivity contribution is 7.89. The number of benzene rings is 2. The van der Waals surface area contributed by atoms with Crippen LogP contribution in [-0.4, -0.2) is 56.3 Å². The van der Waals surface area contributed by atoms with E-state index in [4.69, 9.17) is 0 Å². The molecule has 1 saturated heterocycles. The summed E-state index contributed by atoms with van der Waals surface area (Å²) in [5.41, 5.74) is 2.23. The number of hydrogen-bond donors (Lipinski definition) is 1. The van der Waals surface area contributed by atoms with Gasteiger partial charge in [-0.3, -0.25) is 9.69 Å². The molecule has 0 aromatic heterocycles. The maximum absolute atomic E-state index is 12.7. The summed E-state index contributed by atoms with van der Waals surface area (Å²) in [4.78, 5) is 16.9. The fraction of sp³-hybridized carbons (Fsp3) is 0.381. The van der Waals surface area contributed by atoms with Crippen molar-refractivity contribution in [2.24, 2.45) is 0 Å². The first-order valence-electron chi connectivity index (χ1n) is 9.49. The predicted molar refractivity (Wildman–Crippen MR) is 109 cm³/mol. The average Bonchev–Trinajstić information content (AvgIpc) is 2.69. The van der Waals surface area contributed by atoms with Crippen LogP contribution < -0.4 is 4.72 Å². The van der Waals surface area contributed by atoms with Crippen molar-refractivity contribution in [1.82, 2.24) is 14.5 Å². The summed E-state index contributed by atoms with van der Waals surface area (Å²) < 4.78 is 27.5. The third kappa shape index (κ3) is 5.19. The summed E-state index contributed by atoms with van der Waals surface area (Å²) >= 11 is 0. The number of aryl methyl sites for hydroxylation is 1. The third-order valence-electron chi connectivity index (χ3n) is 4.97. The van der Waals surface area contributed by atoms with E-state index in [-0.39, 0.29) is 10.8 Å². The van der Waals surface area contributed by atoms with Crippen molar-refractivity contribution in [2.75, 3.05) is 26.2 Å². The Hall–Kier alpha value is -2.22. The third-order valence-corrected chi connectivity index (χ3v) is 6.52. The number of piperazine rings is 1. The molecule has 0 unspecified atom stereocenters. The first-order valence-corrected chi connectivity index (χ1v) is 11.0. The van der Waals surface area contributed by atoms with E-state index >= 15 is 0 Å². The smallest absolute Gasteiger partial charge is 0.241 e. The van der Waals surface area contributed by atoms with Crippen molar-refractivity contribution in [3.8, 4) is 0 Å². The lowest BCUT2D eigenvalue weighted by atomic mass is 10.2. The van der Waals surface area contributed by atoms with Gasteiger partial charge in [0.2, 0.25) is 15.9 Å². The number of rotatable bonds is 6. The maximum atomic E-state index is 12.7. The molecule has 1 amide bonds. The van der Waals surface area contributed by atoms with Crippen LogP contribution >= 0.6 is 0 Å². The Morgan fingerprint density at radius 2 is 1.61 bits per heavy atom. The minimum Gasteiger partial charge on any atom is -0.339 e. The number of nitrogens with one attached hydrogen (secondary N) is 1. The molecule has 0 aliphatic carbocycles. The van der Waals surface area contributed by atoms with E-state index < -0.39 is 16.1 Å². The molecule has 0 bridgehead atoms. The fourth-order valence-electron chi connectivity index (χ4n) is 3.31. The zero-order chi connectivity index (χ0) is 20.1. The van der Waals surface area contributed by atoms with E-state index in [1.54, 1.807) is 36.1 Å². The summed E-state index contributed by atoms with van der Waals surface area (Å²) in [6.07, 6.45) is 0. The Bertz CT molecular complexity index is 890. The monoisotopic (exact) mass is 401 g/mol. The first kappa shape index (κ1) is 20.5. The van der Waals surface area contributed by atoms with Crippen LogP contribution in [0, 0.1) is 6.92 Å². The molecule has 1 heterocycles. The predicted octanol–water partition coefficient (Wildman–Crippen LogP) is 2.01. The summed E-state index contributed by atoms with van der Waals surface area (Å²) in [5.74, 6) is -0.185. The van der Waals surface area contributed by atoms with Crippen molar-refractivity contribution < 1.29 is 13.2 Å². The molecule has 0 saturated carbocycles. The van der Waals surface area contributed by atoms with Gasteiger partial charge in [0.1, 0.15) is 0 Å². The van der Waals surface area contributed by atoms with Gasteiger partial charge in [-0.2, -0.15) is 4.72 Å². The lowest BCUT2D eigenvalue weighted by Gasteiger charge is -2.36. The molecule has 0 radical (unpaired) electrons. The van der Waals surface area contributed by atoms with Gasteiger partial charge in [0.25, 0.3) is 0 Å². The van der Waals surface area contributed by atoms with Crippen LogP contribution in [0.5, 0.6) is 0 Å². The quantitative estimate of drug-likeness (QED) is 0.804. The number of nitrogens with zero attached hydrogens (tertiary/aromatic N) is 2. The van der Waals surface area contributed by atoms with E-state index in [0.717, 1.165) is 25.2 Å². The van der Waals surface area contributed by atoms with Gasteiger partial charge in [-0.05, 0) is 31.5 Å². The fourth-order valence-corrected chi connectivity index (χ4v) is 4.51. The number of sulfonamides is 1. The molecule has 1 aliphatic heterocycles. The van der Waals surface area contributed by atoms with Crippen molar-refractivity contribution in [2.45, 2.75) is 31.3 Å². The Balaban J connectivity index is 1.53. The highest BCUT2D eigenvalue weighted by atomic mass is 32.2. The van der Waals surface area contributed by atoms with E-state index in [9.17, 15) is 13.2 Å². The number of carbonyl (C=O) groups is 1. The highest BCUT2D eigenvalue weighted by Gasteiger charge is 2.28. The largest absolute Gasteiger partial charge is 0.339 e. The molecule has 0 spiro atoms. The molecule has 7 heteroatoms. The Morgan fingerprint density at radius 1 is 1.00 bits per heavy atom. The molecule has 3 rings (SSSR count). The van der Waals surface area contributed by atoms with E-state index in [2.05, 4.69) is 21.8 Å². The second-order valence-electron chi connectivity index (χ2n) is 7.24. The van der Waals surface area contributed by atoms with Gasteiger partial charge in [-0.1, -0.05) is 48.0 Å². The summed E-state index contributed by atoms with van der Waals surface area (Å²) in [7, 11) is -3.72. The molecule has 1 fully saturated rings. The van der Waals surface area contributed by atoms with Crippen LogP contribution in [0.3, 0.4) is 0 Å². The van der Waals surface area contributed by atoms with Crippen LogP contribution in [0.2, 0.25) is 0 Å². The first-order chi connectivity index (χ1) is 13.3. The number of carbonyl (C=O) groups excluding carboxylic acids is 1. The zero-order valence-corrected chi connectivity index (χ0v) is 17.2. The molecule has 1 aliphatic rings. The van der Waals surface area contributed by atoms with Crippen molar-refractivity contribution in [1.29, 1.82) is 0 Å². The molecular formula is C21H27N3O3S. The van der Waals surface area contributed by atoms with Gasteiger partial charge in [-0.15, -0.1) is 0 Å². The van der Waals surface area contributed by atoms with Gasteiger partial charge in [0.05, 0.1) is 10.9 Å². The minimum absolute atomic E-state index is 0.172. The molecular weight excluding hydrogens is 374 g/mol. The standard InChI is InChI=1S/C21H27N3O3S/c1-17-8-10-20(11-9-17)28(26,27)22-18(2)21(25)24-14-12-23(13-15-24)16-19-6-4-3-5-7-19/h3-11,18,22H,12-16H2,1-2H3/t18-/m0/s1. The average molecular weight is 402 g/mol. The topological polar surface area (TPSA) is 69.7 Å². The summed E-state index contributed by atoms with van der Waals surface area (Å²) in [5, 5.41) is 0. The van der Waals surface area contributed by atoms with Crippen LogP contribution in [0.25, 0.3) is 0 Å². The van der Waals surface area contributed by atoms with Crippen LogP contribution in [0.4, 0.5) is 0 Å². The van der Waals surface area contributed by atoms with Crippen LogP contribution in [0.1, 0.15) is 18.1 Å². The Labute approximate surface area is 167 Å². The Kier molecular flexibility index (Phi) is 6.49. The molecule has 1 N–H and O–H groups in total. The van der Waals surface area contributed by atoms with Gasteiger partial charge in [-0.25, -0.2) is 8.42 Å². The molecule has 6 nitrogen and oxygen atoms in total. The number of amides is 1. The van der Waals surface area contributed by atoms with Crippen molar-refractivity contribution in [3.05, 3.63) is 65.7 Å². The summed E-state index contributed by atoms with van der Waals surface area (Å²) in [6.45, 7) is 7.11. The lowest BCUT2D eigenvalue weighted by molar-refractivity contribution is -0.134. The van der Waals surface area contributed by atoms with E-state index in [0.29, 0.717) is 13.1 Å². The van der Waals surface area contributed by atoms with Gasteiger partial charge >= 0.3 is 0 Å². The molecule has 150 valence electrons. The van der Waals surface area contributed by atoms with E-state index in [1.807, 2.05) is 25.1 Å². The number of hydrogen-bond acceptors (Lipinski definition) is 4. The van der Waals surface area contributed by atoms with Crippen molar-refractivity contribution in [3.63, 3.8) is 0 Å². The molecule has 1 atom stereocenters. The minimum atomic E-state index is -3.72. The molecule has 2 aromatic rings. The lowest BCUT2D eigenvalue weighted by Crippen LogP contribution is -2.53. The molecule has 28 heavy (non-hydrogen) atoms. The highest BCUT2D eigenvalue weighted by Crippen LogP contribution is 2.13. The SMILES string of the molecule is Cc1ccc(S(=O)(=O)N[C@@H](C)C(=O)N2CCN(Cc3ccccc3)CC2)cc1. The Morgan fingerprint density at radius 3 is 2.21 bits per heavy atom. The van der Waals surface area contributed by atoms with Crippen molar-refractivity contribution >= 4 is 15.9 Å². The van der Waals surface area contributed by atoms with Crippen LogP contribution in [-0.2, 0) is 21.4 Å². The maximum Gasteiger partial charge on any atom is 0.241 e.